The maximum atomic E-state index is 12.9. The molecule has 2 aromatic carbocycles. The van der Waals surface area contributed by atoms with Crippen molar-refractivity contribution in [1.82, 2.24) is 24.3 Å². The highest BCUT2D eigenvalue weighted by Gasteiger charge is 2.48. The number of aliphatic hydroxyl groups excluding tert-OH is 3. The molecule has 2 fully saturated rings. The second-order valence-electron chi connectivity index (χ2n) is 15.9. The van der Waals surface area contributed by atoms with Gasteiger partial charge in [0, 0.05) is 70.5 Å². The van der Waals surface area contributed by atoms with Crippen LogP contribution < -0.4 is 31.6 Å². The molecular weight excluding hydrogens is 869 g/mol. The van der Waals surface area contributed by atoms with Crippen molar-refractivity contribution in [3.8, 4) is 11.5 Å². The number of carbonyl (C=O) groups excluding carboxylic acids is 1. The average Bonchev–Trinajstić information content (AvgIpc) is 3.68. The van der Waals surface area contributed by atoms with Crippen molar-refractivity contribution >= 4 is 48.2 Å². The van der Waals surface area contributed by atoms with E-state index in [1.807, 2.05) is 12.3 Å². The number of nitrogens with one attached hydrogen (secondary N) is 2. The molecule has 0 spiro atoms. The molecule has 0 radical (unpaired) electrons. The van der Waals surface area contributed by atoms with Gasteiger partial charge in [-0.2, -0.15) is 4.98 Å². The molecule has 1 unspecified atom stereocenters. The number of rotatable bonds is 23. The molecule has 6 atom stereocenters. The first kappa shape index (κ1) is 49.5. The summed E-state index contributed by atoms with van der Waals surface area (Å²) in [4.78, 5) is 47.9. The highest BCUT2D eigenvalue weighted by atomic mass is 31.2. The third-order valence-corrected chi connectivity index (χ3v) is 12.0. The van der Waals surface area contributed by atoms with Gasteiger partial charge in [-0.25, -0.2) is 14.3 Å². The van der Waals surface area contributed by atoms with E-state index in [4.69, 9.17) is 34.7 Å². The number of hydrogen-bond donors (Lipinski definition) is 9. The Morgan fingerprint density at radius 1 is 0.938 bits per heavy atom. The summed E-state index contributed by atoms with van der Waals surface area (Å²) in [5.41, 5.74) is 15.6. The van der Waals surface area contributed by atoms with Crippen LogP contribution in [0.15, 0.2) is 48.7 Å². The lowest BCUT2D eigenvalue weighted by Crippen LogP contribution is -2.61. The van der Waals surface area contributed by atoms with Crippen LogP contribution in [-0.2, 0) is 47.6 Å². The van der Waals surface area contributed by atoms with E-state index in [-0.39, 0.29) is 37.0 Å². The standard InChI is InChI=1S/C42H60N9O13P/c1-3-4-5-13-45-39-34-29(47-42(44)48-39)11-14-51(34)24-28-8-6-26(22-32(28)60-2)23-50-17-15-49(16-18-50)19-20-61-65(58,59)62-25-27-7-9-31(30(21-27)46-33(52)10-12-43)63-41-37(55)35(53)36(54)38(64-41)40(56)57/h6-9,11,14,21-22,35-38,41,53-55H,3-5,10,12-13,15-20,23-25,43H2,1-2H3,(H,46,52)(H,56,57)(H,58,59)(H3,44,45,47,48)/t35-,36-,37+,38-,41+/m0/s1. The zero-order valence-electron chi connectivity index (χ0n) is 36.5. The number of piperazine rings is 1. The van der Waals surface area contributed by atoms with Gasteiger partial charge in [0.05, 0.1) is 38.1 Å². The number of nitrogens with two attached hydrogens (primary N) is 2. The van der Waals surface area contributed by atoms with Gasteiger partial charge in [0.2, 0.25) is 18.1 Å². The van der Waals surface area contributed by atoms with Crippen LogP contribution in [0.5, 0.6) is 11.5 Å². The van der Waals surface area contributed by atoms with E-state index in [0.717, 1.165) is 66.8 Å². The SMILES string of the molecule is CCCCCNc1nc(N)nc2ccn(Cc3ccc(CN4CCN(CCOP(=O)(O)OCc5ccc(O[C@@H]6O[C@H](C(=O)O)[C@@H](O)[C@H](O)[C@H]6O)c(NC(=O)CCN)c5)CC4)cc3OC)c12. The first-order valence-corrected chi connectivity index (χ1v) is 23.0. The minimum atomic E-state index is -4.53. The Morgan fingerprint density at radius 3 is 2.42 bits per heavy atom. The molecule has 22 nitrogen and oxygen atoms in total. The van der Waals surface area contributed by atoms with Gasteiger partial charge in [-0.1, -0.05) is 38.0 Å². The number of methoxy groups -OCH3 is 1. The summed E-state index contributed by atoms with van der Waals surface area (Å²) >= 11 is 0. The highest BCUT2D eigenvalue weighted by molar-refractivity contribution is 7.47. The molecular formula is C42H60N9O13P. The summed E-state index contributed by atoms with van der Waals surface area (Å²) in [7, 11) is -2.86. The number of aliphatic carboxylic acids is 1. The fraction of sp³-hybridized carbons (Fsp3) is 0.524. The number of phosphoric ester groups is 1. The van der Waals surface area contributed by atoms with E-state index in [2.05, 4.69) is 60.1 Å². The van der Waals surface area contributed by atoms with E-state index in [9.17, 15) is 39.5 Å². The summed E-state index contributed by atoms with van der Waals surface area (Å²) in [6.45, 7) is 7.10. The van der Waals surface area contributed by atoms with Gasteiger partial charge in [-0.05, 0) is 41.8 Å². The van der Waals surface area contributed by atoms with Gasteiger partial charge in [-0.15, -0.1) is 0 Å². The summed E-state index contributed by atoms with van der Waals surface area (Å²) in [6, 6.07) is 12.3. The van der Waals surface area contributed by atoms with Crippen LogP contribution in [0.4, 0.5) is 17.5 Å². The Kier molecular flexibility index (Phi) is 17.5. The van der Waals surface area contributed by atoms with Gasteiger partial charge in [0.15, 0.2) is 11.9 Å². The van der Waals surface area contributed by atoms with Gasteiger partial charge in [0.1, 0.15) is 35.3 Å². The number of nitrogens with zero attached hydrogens (tertiary/aromatic N) is 5. The number of benzene rings is 2. The van der Waals surface area contributed by atoms with Crippen LogP contribution in [0.25, 0.3) is 11.0 Å². The molecule has 4 heterocycles. The van der Waals surface area contributed by atoms with Crippen LogP contribution in [-0.4, -0.2) is 152 Å². The topological polar surface area (TPSA) is 312 Å². The Hall–Kier alpha value is -4.97. The smallest absolute Gasteiger partial charge is 0.472 e. The molecule has 2 aliphatic rings. The molecule has 23 heteroatoms. The van der Waals surface area contributed by atoms with E-state index < -0.39 is 57.0 Å². The predicted molar refractivity (Wildman–Crippen MR) is 238 cm³/mol. The lowest BCUT2D eigenvalue weighted by Gasteiger charge is -2.38. The van der Waals surface area contributed by atoms with E-state index in [1.54, 1.807) is 7.11 Å². The zero-order chi connectivity index (χ0) is 46.7. The van der Waals surface area contributed by atoms with Crippen molar-refractivity contribution in [2.75, 3.05) is 75.9 Å². The molecule has 0 bridgehead atoms. The van der Waals surface area contributed by atoms with Gasteiger partial charge in [-0.3, -0.25) is 23.6 Å². The second kappa shape index (κ2) is 23.0. The number of carbonyl (C=O) groups is 2. The quantitative estimate of drug-likeness (QED) is 0.0377. The van der Waals surface area contributed by atoms with E-state index >= 15 is 0 Å². The lowest BCUT2D eigenvalue weighted by molar-refractivity contribution is -0.271. The number of carboxylic acid groups (broad SMARTS) is 1. The molecule has 6 rings (SSSR count). The number of amides is 1. The summed E-state index contributed by atoms with van der Waals surface area (Å²) < 4.78 is 42.2. The van der Waals surface area contributed by atoms with Crippen LogP contribution >= 0.6 is 7.82 Å². The van der Waals surface area contributed by atoms with Crippen LogP contribution in [0, 0.1) is 0 Å². The normalized spacial score (nSPS) is 21.5. The number of fused-ring (bicyclic) bond motifs is 1. The van der Waals surface area contributed by atoms with Crippen molar-refractivity contribution in [1.29, 1.82) is 0 Å². The number of ether oxygens (including phenoxy) is 3. The number of phosphoric acid groups is 1. The molecule has 2 aliphatic heterocycles. The van der Waals surface area contributed by atoms with Crippen molar-refractivity contribution in [2.45, 2.75) is 83.0 Å². The zero-order valence-corrected chi connectivity index (χ0v) is 37.3. The summed E-state index contributed by atoms with van der Waals surface area (Å²) in [6.07, 6.45) is -4.19. The largest absolute Gasteiger partial charge is 0.496 e. The Bertz CT molecular complexity index is 2280. The van der Waals surface area contributed by atoms with Gasteiger partial charge in [0.25, 0.3) is 0 Å². The van der Waals surface area contributed by atoms with E-state index in [0.29, 0.717) is 44.1 Å². The molecule has 11 N–H and O–H groups in total. The van der Waals surface area contributed by atoms with Crippen LogP contribution in [0.2, 0.25) is 0 Å². The highest BCUT2D eigenvalue weighted by Crippen LogP contribution is 2.44. The van der Waals surface area contributed by atoms with Crippen molar-refractivity contribution in [3.63, 3.8) is 0 Å². The Balaban J connectivity index is 0.971. The fourth-order valence-corrected chi connectivity index (χ4v) is 8.26. The molecule has 4 aromatic rings. The molecule has 1 amide bonds. The van der Waals surface area contributed by atoms with Gasteiger partial charge >= 0.3 is 13.8 Å². The van der Waals surface area contributed by atoms with Crippen molar-refractivity contribution < 1.29 is 62.7 Å². The van der Waals surface area contributed by atoms with Gasteiger partial charge < -0.3 is 66.2 Å². The van der Waals surface area contributed by atoms with Crippen molar-refractivity contribution in [2.24, 2.45) is 5.73 Å². The van der Waals surface area contributed by atoms with Crippen LogP contribution in [0.1, 0.15) is 49.3 Å². The molecule has 65 heavy (non-hydrogen) atoms. The third kappa shape index (κ3) is 13.3. The fourth-order valence-electron chi connectivity index (χ4n) is 7.56. The number of unbranched alkanes of at least 4 members (excludes halogenated alkanes) is 2. The number of carboxylic acids is 1. The number of hydrogen-bond acceptors (Lipinski definition) is 18. The third-order valence-electron chi connectivity index (χ3n) is 11.1. The predicted octanol–water partition coefficient (Wildman–Crippen LogP) is 1.68. The average molecular weight is 930 g/mol. The van der Waals surface area contributed by atoms with Crippen LogP contribution in [0.3, 0.4) is 0 Å². The number of aliphatic hydroxyl groups is 3. The second-order valence-corrected chi connectivity index (χ2v) is 17.3. The molecule has 2 saturated heterocycles. The minimum absolute atomic E-state index is 0.000646. The number of anilines is 3. The molecule has 356 valence electrons. The summed E-state index contributed by atoms with van der Waals surface area (Å²) in [5, 5.41) is 46.0. The first-order chi connectivity index (χ1) is 31.2. The molecule has 0 saturated carbocycles. The summed E-state index contributed by atoms with van der Waals surface area (Å²) in [5.74, 6) is -0.520. The van der Waals surface area contributed by atoms with E-state index in [1.165, 1.54) is 18.2 Å². The Labute approximate surface area is 376 Å². The monoisotopic (exact) mass is 929 g/mol. The minimum Gasteiger partial charge on any atom is -0.496 e. The van der Waals surface area contributed by atoms with Crippen molar-refractivity contribution in [3.05, 3.63) is 65.4 Å². The molecule has 0 aliphatic carbocycles. The first-order valence-electron chi connectivity index (χ1n) is 21.5. The number of nitrogen functional groups attached to an aromatic ring is 1. The number of aromatic nitrogens is 3. The Morgan fingerprint density at radius 2 is 1.69 bits per heavy atom. The lowest BCUT2D eigenvalue weighted by atomic mass is 9.99. The maximum absolute atomic E-state index is 12.9. The maximum Gasteiger partial charge on any atom is 0.472 e. The molecule has 2 aromatic heterocycles.